The minimum atomic E-state index is 0.0867. The predicted molar refractivity (Wildman–Crippen MR) is 105 cm³/mol. The molecule has 2 heterocycles. The predicted octanol–water partition coefficient (Wildman–Crippen LogP) is 1.30. The van der Waals surface area contributed by atoms with Gasteiger partial charge in [-0.3, -0.25) is 14.7 Å². The third-order valence-corrected chi connectivity index (χ3v) is 5.44. The van der Waals surface area contributed by atoms with Crippen LogP contribution in [-0.4, -0.2) is 63.1 Å². The van der Waals surface area contributed by atoms with E-state index in [1.54, 1.807) is 7.05 Å². The van der Waals surface area contributed by atoms with Gasteiger partial charge in [-0.05, 0) is 36.6 Å². The van der Waals surface area contributed by atoms with E-state index in [1.807, 2.05) is 18.4 Å². The highest BCUT2D eigenvalue weighted by atomic mass is 32.1. The largest absolute Gasteiger partial charge is 0.358 e. The standard InChI is InChI=1S/C18H31N5OS/c1-14(11-16-5-4-10-25-16)12-21-18(20-3)22-15-6-8-23(9-7-15)13-17(24)19-2/h4-5,10,14-15H,6-9,11-13H2,1-3H3,(H,19,24)(H2,20,21,22). The summed E-state index contributed by atoms with van der Waals surface area (Å²) in [7, 11) is 3.51. The lowest BCUT2D eigenvalue weighted by atomic mass is 10.1. The van der Waals surface area contributed by atoms with Gasteiger partial charge < -0.3 is 16.0 Å². The van der Waals surface area contributed by atoms with Gasteiger partial charge in [0.15, 0.2) is 5.96 Å². The van der Waals surface area contributed by atoms with Gasteiger partial charge in [-0.1, -0.05) is 13.0 Å². The fraction of sp³-hybridized carbons (Fsp3) is 0.667. The number of piperidine rings is 1. The Bertz CT molecular complexity index is 538. The first-order valence-electron chi connectivity index (χ1n) is 9.03. The van der Waals surface area contributed by atoms with Crippen LogP contribution in [0.25, 0.3) is 0 Å². The van der Waals surface area contributed by atoms with Crippen molar-refractivity contribution in [2.24, 2.45) is 10.9 Å². The number of likely N-dealkylation sites (N-methyl/N-ethyl adjacent to an activating group) is 1. The Kier molecular flexibility index (Phi) is 8.21. The quantitative estimate of drug-likeness (QED) is 0.503. The number of hydrogen-bond acceptors (Lipinski definition) is 4. The molecule has 1 aromatic heterocycles. The monoisotopic (exact) mass is 365 g/mol. The molecule has 1 amide bonds. The van der Waals surface area contributed by atoms with Gasteiger partial charge in [0.05, 0.1) is 6.54 Å². The number of amides is 1. The highest BCUT2D eigenvalue weighted by Gasteiger charge is 2.21. The number of aliphatic imine (C=N–C) groups is 1. The summed E-state index contributed by atoms with van der Waals surface area (Å²) in [6, 6.07) is 4.72. The Balaban J connectivity index is 1.67. The number of carbonyl (C=O) groups is 1. The van der Waals surface area contributed by atoms with Crippen LogP contribution < -0.4 is 16.0 Å². The van der Waals surface area contributed by atoms with Crippen LogP contribution in [0.2, 0.25) is 0 Å². The van der Waals surface area contributed by atoms with Crippen LogP contribution in [0.5, 0.6) is 0 Å². The number of thiophene rings is 1. The zero-order valence-electron chi connectivity index (χ0n) is 15.5. The second-order valence-electron chi connectivity index (χ2n) is 6.71. The van der Waals surface area contributed by atoms with Crippen molar-refractivity contribution in [3.05, 3.63) is 22.4 Å². The molecule has 0 aromatic carbocycles. The number of nitrogens with one attached hydrogen (secondary N) is 3. The Morgan fingerprint density at radius 2 is 2.20 bits per heavy atom. The van der Waals surface area contributed by atoms with Crippen LogP contribution in [0.15, 0.2) is 22.5 Å². The van der Waals surface area contributed by atoms with Crippen LogP contribution in [-0.2, 0) is 11.2 Å². The lowest BCUT2D eigenvalue weighted by Crippen LogP contribution is -2.50. The Hall–Kier alpha value is -1.60. The average molecular weight is 366 g/mol. The first-order valence-corrected chi connectivity index (χ1v) is 9.91. The van der Waals surface area contributed by atoms with E-state index in [1.165, 1.54) is 4.88 Å². The highest BCUT2D eigenvalue weighted by molar-refractivity contribution is 7.09. The van der Waals surface area contributed by atoms with Crippen LogP contribution in [0, 0.1) is 5.92 Å². The van der Waals surface area contributed by atoms with Crippen LogP contribution in [0.4, 0.5) is 0 Å². The first-order chi connectivity index (χ1) is 12.1. The van der Waals surface area contributed by atoms with E-state index in [2.05, 4.69) is 50.3 Å². The Morgan fingerprint density at radius 3 is 2.80 bits per heavy atom. The summed E-state index contributed by atoms with van der Waals surface area (Å²) in [5.74, 6) is 1.53. The molecule has 0 aliphatic carbocycles. The maximum atomic E-state index is 11.5. The van der Waals surface area contributed by atoms with Gasteiger partial charge in [0.2, 0.25) is 5.91 Å². The van der Waals surface area contributed by atoms with Gasteiger partial charge in [-0.2, -0.15) is 0 Å². The molecule has 1 aromatic rings. The number of likely N-dealkylation sites (tertiary alicyclic amines) is 1. The molecule has 25 heavy (non-hydrogen) atoms. The zero-order chi connectivity index (χ0) is 18.1. The molecule has 1 atom stereocenters. The summed E-state index contributed by atoms with van der Waals surface area (Å²) in [5.41, 5.74) is 0. The molecular weight excluding hydrogens is 334 g/mol. The third-order valence-electron chi connectivity index (χ3n) is 4.55. The minimum Gasteiger partial charge on any atom is -0.358 e. The summed E-state index contributed by atoms with van der Waals surface area (Å²) < 4.78 is 0. The molecule has 3 N–H and O–H groups in total. The van der Waals surface area contributed by atoms with Crippen molar-refractivity contribution in [1.29, 1.82) is 0 Å². The normalized spacial score (nSPS) is 18.0. The number of hydrogen-bond donors (Lipinski definition) is 3. The summed E-state index contributed by atoms with van der Waals surface area (Å²) in [5, 5.41) is 11.8. The van der Waals surface area contributed by atoms with E-state index < -0.39 is 0 Å². The van der Waals surface area contributed by atoms with Gasteiger partial charge in [0, 0.05) is 44.6 Å². The minimum absolute atomic E-state index is 0.0867. The van der Waals surface area contributed by atoms with Crippen molar-refractivity contribution in [2.45, 2.75) is 32.2 Å². The summed E-state index contributed by atoms with van der Waals surface area (Å²) in [6.07, 6.45) is 3.16. The molecule has 6 nitrogen and oxygen atoms in total. The fourth-order valence-electron chi connectivity index (χ4n) is 3.02. The van der Waals surface area contributed by atoms with Crippen LogP contribution in [0.1, 0.15) is 24.6 Å². The maximum Gasteiger partial charge on any atom is 0.233 e. The lowest BCUT2D eigenvalue weighted by Gasteiger charge is -2.32. The van der Waals surface area contributed by atoms with Crippen molar-refractivity contribution < 1.29 is 4.79 Å². The molecular formula is C18H31N5OS. The first kappa shape index (κ1) is 19.7. The third kappa shape index (κ3) is 7.04. The van der Waals surface area contributed by atoms with Gasteiger partial charge >= 0.3 is 0 Å². The molecule has 1 aliphatic rings. The van der Waals surface area contributed by atoms with E-state index in [0.717, 1.165) is 44.9 Å². The van der Waals surface area contributed by atoms with Gasteiger partial charge in [-0.25, -0.2) is 0 Å². The summed E-state index contributed by atoms with van der Waals surface area (Å²) in [4.78, 5) is 19.4. The summed E-state index contributed by atoms with van der Waals surface area (Å²) >= 11 is 1.82. The maximum absolute atomic E-state index is 11.5. The van der Waals surface area contributed by atoms with Crippen LogP contribution >= 0.6 is 11.3 Å². The van der Waals surface area contributed by atoms with Crippen LogP contribution in [0.3, 0.4) is 0 Å². The fourth-order valence-corrected chi connectivity index (χ4v) is 3.89. The van der Waals surface area contributed by atoms with Crippen molar-refractivity contribution in [3.63, 3.8) is 0 Å². The topological polar surface area (TPSA) is 68.8 Å². The molecule has 1 unspecified atom stereocenters. The van der Waals surface area contributed by atoms with Gasteiger partial charge in [-0.15, -0.1) is 11.3 Å². The lowest BCUT2D eigenvalue weighted by molar-refractivity contribution is -0.122. The second kappa shape index (κ2) is 10.4. The number of rotatable bonds is 7. The van der Waals surface area contributed by atoms with E-state index in [0.29, 0.717) is 18.5 Å². The zero-order valence-corrected chi connectivity index (χ0v) is 16.4. The molecule has 1 aliphatic heterocycles. The Morgan fingerprint density at radius 1 is 1.44 bits per heavy atom. The number of nitrogens with zero attached hydrogens (tertiary/aromatic N) is 2. The molecule has 0 bridgehead atoms. The molecule has 0 radical (unpaired) electrons. The molecule has 1 saturated heterocycles. The van der Waals surface area contributed by atoms with Crippen molar-refractivity contribution in [1.82, 2.24) is 20.9 Å². The molecule has 1 fully saturated rings. The van der Waals surface area contributed by atoms with Gasteiger partial charge in [0.25, 0.3) is 0 Å². The van der Waals surface area contributed by atoms with E-state index in [9.17, 15) is 4.79 Å². The molecule has 2 rings (SSSR count). The molecule has 0 saturated carbocycles. The second-order valence-corrected chi connectivity index (χ2v) is 7.74. The number of guanidine groups is 1. The van der Waals surface area contributed by atoms with Crippen molar-refractivity contribution in [2.75, 3.05) is 40.3 Å². The van der Waals surface area contributed by atoms with Gasteiger partial charge in [0.1, 0.15) is 0 Å². The molecule has 140 valence electrons. The van der Waals surface area contributed by atoms with Crippen molar-refractivity contribution >= 4 is 23.2 Å². The SMILES string of the molecule is CN=C(NCC(C)Cc1cccs1)NC1CCN(CC(=O)NC)CC1. The molecule has 7 heteroatoms. The number of carbonyl (C=O) groups excluding carboxylic acids is 1. The average Bonchev–Trinajstić information content (AvgIpc) is 3.12. The van der Waals surface area contributed by atoms with E-state index in [-0.39, 0.29) is 5.91 Å². The van der Waals surface area contributed by atoms with Crippen molar-refractivity contribution in [3.8, 4) is 0 Å². The van der Waals surface area contributed by atoms with E-state index >= 15 is 0 Å². The molecule has 0 spiro atoms. The highest BCUT2D eigenvalue weighted by Crippen LogP contribution is 2.14. The smallest absolute Gasteiger partial charge is 0.233 e. The summed E-state index contributed by atoms with van der Waals surface area (Å²) in [6.45, 7) is 5.55. The van der Waals surface area contributed by atoms with E-state index in [4.69, 9.17) is 0 Å². The Labute approximate surface area is 155 Å².